The molecule has 106 valence electrons. The topological polar surface area (TPSA) is 15.3 Å². The second kappa shape index (κ2) is 5.78. The van der Waals surface area contributed by atoms with E-state index < -0.39 is 0 Å². The molecule has 1 aliphatic heterocycles. The van der Waals surface area contributed by atoms with Gasteiger partial charge in [-0.3, -0.25) is 4.90 Å². The molecule has 0 bridgehead atoms. The van der Waals surface area contributed by atoms with Crippen molar-refractivity contribution in [3.8, 4) is 0 Å². The van der Waals surface area contributed by atoms with E-state index in [9.17, 15) is 4.39 Å². The minimum Gasteiger partial charge on any atom is -0.309 e. The van der Waals surface area contributed by atoms with Gasteiger partial charge in [-0.05, 0) is 32.4 Å². The normalized spacial score (nSPS) is 28.6. The molecule has 1 aliphatic rings. The molecular weight excluding hydrogens is 263 g/mol. The van der Waals surface area contributed by atoms with Crippen molar-refractivity contribution in [1.29, 1.82) is 0 Å². The second-order valence-corrected chi connectivity index (χ2v) is 6.22. The number of piperazine rings is 1. The number of rotatable bonds is 3. The van der Waals surface area contributed by atoms with Crippen LogP contribution in [0.3, 0.4) is 0 Å². The lowest BCUT2D eigenvalue weighted by atomic mass is 9.93. The molecule has 2 nitrogen and oxygen atoms in total. The zero-order valence-corrected chi connectivity index (χ0v) is 12.6. The van der Waals surface area contributed by atoms with Gasteiger partial charge in [0.25, 0.3) is 0 Å². The van der Waals surface area contributed by atoms with Gasteiger partial charge in [0.15, 0.2) is 0 Å². The number of hydrogen-bond acceptors (Lipinski definition) is 2. The van der Waals surface area contributed by atoms with Gasteiger partial charge in [-0.25, -0.2) is 4.39 Å². The summed E-state index contributed by atoms with van der Waals surface area (Å²) < 4.78 is 13.9. The molecule has 0 radical (unpaired) electrons. The van der Waals surface area contributed by atoms with Crippen molar-refractivity contribution in [2.45, 2.75) is 45.3 Å². The van der Waals surface area contributed by atoms with Crippen molar-refractivity contribution in [2.24, 2.45) is 0 Å². The third-order valence-electron chi connectivity index (χ3n) is 4.17. The first kappa shape index (κ1) is 14.8. The maximum Gasteiger partial charge on any atom is 0.129 e. The molecule has 1 heterocycles. The lowest BCUT2D eigenvalue weighted by molar-refractivity contribution is 0.0856. The van der Waals surface area contributed by atoms with Gasteiger partial charge in [-0.15, -0.1) is 0 Å². The van der Waals surface area contributed by atoms with Crippen LogP contribution in [0.15, 0.2) is 18.2 Å². The van der Waals surface area contributed by atoms with Crippen LogP contribution in [-0.4, -0.2) is 29.6 Å². The van der Waals surface area contributed by atoms with Crippen LogP contribution in [0.1, 0.15) is 32.8 Å². The Morgan fingerprint density at radius 1 is 1.53 bits per heavy atom. The van der Waals surface area contributed by atoms with E-state index >= 15 is 0 Å². The zero-order valence-electron chi connectivity index (χ0n) is 11.8. The molecule has 2 rings (SSSR count). The van der Waals surface area contributed by atoms with Crippen LogP contribution >= 0.6 is 11.6 Å². The highest BCUT2D eigenvalue weighted by Crippen LogP contribution is 2.22. The molecule has 1 aromatic rings. The minimum absolute atomic E-state index is 0.120. The summed E-state index contributed by atoms with van der Waals surface area (Å²) in [5, 5.41) is 4.03. The highest BCUT2D eigenvalue weighted by Gasteiger charge is 2.32. The van der Waals surface area contributed by atoms with Crippen molar-refractivity contribution in [1.82, 2.24) is 10.2 Å². The van der Waals surface area contributed by atoms with Crippen LogP contribution < -0.4 is 5.32 Å². The van der Waals surface area contributed by atoms with Crippen molar-refractivity contribution in [2.75, 3.05) is 13.1 Å². The molecule has 1 aromatic carbocycles. The maximum absolute atomic E-state index is 13.9. The molecule has 2 atom stereocenters. The summed E-state index contributed by atoms with van der Waals surface area (Å²) in [7, 11) is 0. The first-order chi connectivity index (χ1) is 8.93. The smallest absolute Gasteiger partial charge is 0.129 e. The summed E-state index contributed by atoms with van der Waals surface area (Å²) >= 11 is 5.79. The summed E-state index contributed by atoms with van der Waals surface area (Å²) in [6.45, 7) is 9.11. The van der Waals surface area contributed by atoms with Crippen molar-refractivity contribution in [3.05, 3.63) is 34.6 Å². The fraction of sp³-hybridized carbons (Fsp3) is 0.600. The van der Waals surface area contributed by atoms with Crippen LogP contribution in [0.5, 0.6) is 0 Å². The van der Waals surface area contributed by atoms with Gasteiger partial charge < -0.3 is 5.32 Å². The zero-order chi connectivity index (χ0) is 14.0. The molecule has 0 saturated carbocycles. The number of benzene rings is 1. The molecule has 1 saturated heterocycles. The molecule has 1 N–H and O–H groups in total. The Morgan fingerprint density at radius 2 is 2.26 bits per heavy atom. The Kier molecular flexibility index (Phi) is 4.49. The van der Waals surface area contributed by atoms with Crippen molar-refractivity contribution >= 4 is 11.6 Å². The maximum atomic E-state index is 13.9. The third kappa shape index (κ3) is 3.47. The number of halogens is 2. The minimum atomic E-state index is -0.212. The van der Waals surface area contributed by atoms with Gasteiger partial charge in [0.1, 0.15) is 5.82 Å². The number of nitrogens with zero attached hydrogens (tertiary/aromatic N) is 1. The van der Waals surface area contributed by atoms with Crippen LogP contribution in [0, 0.1) is 5.82 Å². The molecular formula is C15H22ClFN2. The first-order valence-corrected chi connectivity index (χ1v) is 7.24. The fourth-order valence-corrected chi connectivity index (χ4v) is 2.66. The summed E-state index contributed by atoms with van der Waals surface area (Å²) in [5.74, 6) is -0.212. The van der Waals surface area contributed by atoms with E-state index in [1.165, 1.54) is 6.07 Å². The fourth-order valence-electron chi connectivity index (χ4n) is 2.50. The van der Waals surface area contributed by atoms with Crippen molar-refractivity contribution in [3.63, 3.8) is 0 Å². The lowest BCUT2D eigenvalue weighted by Gasteiger charge is -2.45. The number of nitrogens with one attached hydrogen (secondary N) is 1. The van der Waals surface area contributed by atoms with Gasteiger partial charge in [-0.1, -0.05) is 24.6 Å². The van der Waals surface area contributed by atoms with E-state index in [-0.39, 0.29) is 11.4 Å². The summed E-state index contributed by atoms with van der Waals surface area (Å²) in [6.07, 6.45) is 1.07. The van der Waals surface area contributed by atoms with Gasteiger partial charge in [0.2, 0.25) is 0 Å². The van der Waals surface area contributed by atoms with E-state index in [1.54, 1.807) is 12.1 Å². The lowest BCUT2D eigenvalue weighted by Crippen LogP contribution is -2.61. The molecule has 0 spiro atoms. The van der Waals surface area contributed by atoms with Crippen LogP contribution in [0.4, 0.5) is 4.39 Å². The molecule has 4 heteroatoms. The summed E-state index contributed by atoms with van der Waals surface area (Å²) in [6, 6.07) is 5.35. The quantitative estimate of drug-likeness (QED) is 0.915. The largest absolute Gasteiger partial charge is 0.309 e. The Hall–Kier alpha value is -0.640. The van der Waals surface area contributed by atoms with Crippen molar-refractivity contribution < 1.29 is 4.39 Å². The van der Waals surface area contributed by atoms with Crippen LogP contribution in [0.2, 0.25) is 5.02 Å². The van der Waals surface area contributed by atoms with E-state index in [2.05, 4.69) is 31.0 Å². The average Bonchev–Trinajstić information content (AvgIpc) is 2.37. The van der Waals surface area contributed by atoms with E-state index in [0.717, 1.165) is 25.1 Å². The molecule has 2 unspecified atom stereocenters. The van der Waals surface area contributed by atoms with Gasteiger partial charge >= 0.3 is 0 Å². The van der Waals surface area contributed by atoms with Gasteiger partial charge in [0.05, 0.1) is 0 Å². The Labute approximate surface area is 119 Å². The Bertz CT molecular complexity index is 452. The molecule has 0 aliphatic carbocycles. The summed E-state index contributed by atoms with van der Waals surface area (Å²) in [4.78, 5) is 2.34. The Balaban J connectivity index is 2.12. The van der Waals surface area contributed by atoms with Crippen LogP contribution in [-0.2, 0) is 6.54 Å². The third-order valence-corrected chi connectivity index (χ3v) is 4.40. The molecule has 0 aromatic heterocycles. The van der Waals surface area contributed by atoms with Gasteiger partial charge in [-0.2, -0.15) is 0 Å². The van der Waals surface area contributed by atoms with Crippen LogP contribution in [0.25, 0.3) is 0 Å². The monoisotopic (exact) mass is 284 g/mol. The summed E-state index contributed by atoms with van der Waals surface area (Å²) in [5.41, 5.74) is 0.840. The Morgan fingerprint density at radius 3 is 2.89 bits per heavy atom. The molecule has 1 fully saturated rings. The first-order valence-electron chi connectivity index (χ1n) is 6.86. The van der Waals surface area contributed by atoms with E-state index in [0.29, 0.717) is 17.6 Å². The van der Waals surface area contributed by atoms with E-state index in [4.69, 9.17) is 11.6 Å². The highest BCUT2D eigenvalue weighted by atomic mass is 35.5. The standard InChI is InChI=1S/C15H22ClFN2/c1-4-15(3)10-19(11(2)8-18-15)9-12-5-6-13(16)7-14(12)17/h5-7,11,18H,4,8-10H2,1-3H3. The highest BCUT2D eigenvalue weighted by molar-refractivity contribution is 6.30. The predicted octanol–water partition coefficient (Wildman–Crippen LogP) is 3.44. The average molecular weight is 285 g/mol. The van der Waals surface area contributed by atoms with E-state index in [1.807, 2.05) is 0 Å². The second-order valence-electron chi connectivity index (χ2n) is 5.78. The molecule has 19 heavy (non-hydrogen) atoms. The number of hydrogen-bond donors (Lipinski definition) is 1. The molecule has 0 amide bonds. The van der Waals surface area contributed by atoms with Gasteiger partial charge in [0, 0.05) is 41.8 Å². The predicted molar refractivity (Wildman–Crippen MR) is 78.0 cm³/mol. The SMILES string of the molecule is CCC1(C)CN(Cc2ccc(Cl)cc2F)C(C)CN1.